The molecule has 0 saturated heterocycles. The second kappa shape index (κ2) is 7.48. The van der Waals surface area contributed by atoms with Gasteiger partial charge in [-0.15, -0.1) is 0 Å². The van der Waals surface area contributed by atoms with E-state index in [9.17, 15) is 0 Å². The molecule has 3 rings (SSSR count). The van der Waals surface area contributed by atoms with Crippen LogP contribution in [0, 0.1) is 6.92 Å². The summed E-state index contributed by atoms with van der Waals surface area (Å²) < 4.78 is 7.92. The average molecular weight is 350 g/mol. The van der Waals surface area contributed by atoms with E-state index in [4.69, 9.17) is 9.42 Å². The first-order chi connectivity index (χ1) is 12.0. The second-order valence-electron chi connectivity index (χ2n) is 6.16. The van der Waals surface area contributed by atoms with E-state index in [1.165, 1.54) is 0 Å². The Balaban J connectivity index is 0.00000243. The third kappa shape index (κ3) is 4.06. The Morgan fingerprint density at radius 3 is 2.48 bits per heavy atom. The SMILES string of the molecule is Cc1cccc(N=C(c2ccccc2)c2cnn(C)c2)c1O[Si](C)C.[H+]. The molecule has 0 aliphatic carbocycles. The topological polar surface area (TPSA) is 39.4 Å². The number of aromatic nitrogens is 2. The highest BCUT2D eigenvalue weighted by atomic mass is 28.3. The highest BCUT2D eigenvalue weighted by Gasteiger charge is 2.13. The van der Waals surface area contributed by atoms with Crippen molar-refractivity contribution in [2.45, 2.75) is 20.0 Å². The van der Waals surface area contributed by atoms with Gasteiger partial charge in [0.05, 0.1) is 11.9 Å². The molecule has 5 heteroatoms. The van der Waals surface area contributed by atoms with Crippen LogP contribution >= 0.6 is 0 Å². The van der Waals surface area contributed by atoms with Gasteiger partial charge in [-0.3, -0.25) is 4.68 Å². The van der Waals surface area contributed by atoms with Crippen molar-refractivity contribution in [3.05, 3.63) is 77.6 Å². The molecule has 2 aromatic carbocycles. The first-order valence-electron chi connectivity index (χ1n) is 8.25. The summed E-state index contributed by atoms with van der Waals surface area (Å²) in [5, 5.41) is 4.30. The number of aliphatic imine (C=N–C) groups is 1. The summed E-state index contributed by atoms with van der Waals surface area (Å²) in [6.07, 6.45) is 3.83. The normalized spacial score (nSPS) is 11.8. The molecule has 0 fully saturated rings. The highest BCUT2D eigenvalue weighted by Crippen LogP contribution is 2.33. The van der Waals surface area contributed by atoms with E-state index in [2.05, 4.69) is 43.3 Å². The van der Waals surface area contributed by atoms with E-state index in [-0.39, 0.29) is 1.43 Å². The van der Waals surface area contributed by atoms with Crippen LogP contribution in [0.3, 0.4) is 0 Å². The van der Waals surface area contributed by atoms with Crippen molar-refractivity contribution in [3.63, 3.8) is 0 Å². The maximum absolute atomic E-state index is 6.13. The molecular weight excluding hydrogens is 326 g/mol. The summed E-state index contributed by atoms with van der Waals surface area (Å²) in [6.45, 7) is 6.32. The van der Waals surface area contributed by atoms with Crippen LogP contribution in [0.25, 0.3) is 0 Å². The average Bonchev–Trinajstić information content (AvgIpc) is 3.02. The van der Waals surface area contributed by atoms with Crippen LogP contribution in [0.1, 0.15) is 18.1 Å². The summed E-state index contributed by atoms with van der Waals surface area (Å²) in [6, 6.07) is 16.3. The molecule has 4 nitrogen and oxygen atoms in total. The fourth-order valence-corrected chi connectivity index (χ4v) is 3.29. The maximum atomic E-state index is 6.13. The van der Waals surface area contributed by atoms with Gasteiger partial charge < -0.3 is 4.43 Å². The number of benzene rings is 2. The molecular formula is C20H23N3OSi+. The molecule has 25 heavy (non-hydrogen) atoms. The molecule has 3 aromatic rings. The molecule has 0 unspecified atom stereocenters. The van der Waals surface area contributed by atoms with Gasteiger partial charge in [0.25, 0.3) is 9.04 Å². The van der Waals surface area contributed by atoms with Crippen molar-refractivity contribution in [2.24, 2.45) is 12.0 Å². The third-order valence-electron chi connectivity index (χ3n) is 3.76. The van der Waals surface area contributed by atoms with Gasteiger partial charge in [0.1, 0.15) is 11.4 Å². The van der Waals surface area contributed by atoms with Crippen molar-refractivity contribution in [3.8, 4) is 5.75 Å². The maximum Gasteiger partial charge on any atom is 1.00 e. The van der Waals surface area contributed by atoms with Gasteiger partial charge in [0.15, 0.2) is 0 Å². The Hall–Kier alpha value is -2.66. The first kappa shape index (κ1) is 17.2. The third-order valence-corrected chi connectivity index (χ3v) is 4.37. The lowest BCUT2D eigenvalue weighted by Gasteiger charge is -2.15. The van der Waals surface area contributed by atoms with Gasteiger partial charge in [0.2, 0.25) is 0 Å². The van der Waals surface area contributed by atoms with Gasteiger partial charge in [0, 0.05) is 24.4 Å². The molecule has 127 valence electrons. The number of nitrogens with zero attached hydrogens (tertiary/aromatic N) is 3. The number of para-hydroxylation sites is 1. The lowest BCUT2D eigenvalue weighted by Crippen LogP contribution is -2.12. The van der Waals surface area contributed by atoms with E-state index in [1.54, 1.807) is 4.68 Å². The largest absolute Gasteiger partial charge is 1.00 e. The second-order valence-corrected chi connectivity index (χ2v) is 8.18. The molecule has 0 aliphatic rings. The van der Waals surface area contributed by atoms with E-state index in [0.29, 0.717) is 0 Å². The molecule has 1 radical (unpaired) electrons. The van der Waals surface area contributed by atoms with Crippen LogP contribution in [0.5, 0.6) is 5.75 Å². The lowest BCUT2D eigenvalue weighted by molar-refractivity contribution is 0.577. The van der Waals surface area contributed by atoms with Gasteiger partial charge >= 0.3 is 1.43 Å². The summed E-state index contributed by atoms with van der Waals surface area (Å²) in [5.74, 6) is 0.874. The summed E-state index contributed by atoms with van der Waals surface area (Å²) in [4.78, 5) is 4.98. The molecule has 0 spiro atoms. The molecule has 0 N–H and O–H groups in total. The van der Waals surface area contributed by atoms with E-state index in [1.807, 2.05) is 49.8 Å². The van der Waals surface area contributed by atoms with E-state index in [0.717, 1.165) is 33.8 Å². The van der Waals surface area contributed by atoms with Crippen molar-refractivity contribution in [1.29, 1.82) is 0 Å². The van der Waals surface area contributed by atoms with E-state index < -0.39 is 9.04 Å². The molecule has 0 bridgehead atoms. The number of hydrogen-bond acceptors (Lipinski definition) is 3. The predicted octanol–water partition coefficient (Wildman–Crippen LogP) is 4.64. The van der Waals surface area contributed by atoms with Gasteiger partial charge in [-0.2, -0.15) is 5.10 Å². The van der Waals surface area contributed by atoms with Crippen molar-refractivity contribution in [2.75, 3.05) is 0 Å². The fraction of sp³-hybridized carbons (Fsp3) is 0.200. The van der Waals surface area contributed by atoms with Gasteiger partial charge in [-0.05, 0) is 31.6 Å². The molecule has 0 atom stereocenters. The van der Waals surface area contributed by atoms with Crippen LogP contribution in [0.2, 0.25) is 13.1 Å². The first-order valence-corrected chi connectivity index (χ1v) is 10.7. The number of aryl methyl sites for hydroxylation is 2. The minimum absolute atomic E-state index is 0. The molecule has 0 saturated carbocycles. The number of hydrogen-bond donors (Lipinski definition) is 0. The quantitative estimate of drug-likeness (QED) is 0.497. The Kier molecular flexibility index (Phi) is 5.14. The van der Waals surface area contributed by atoms with Crippen LogP contribution in [-0.4, -0.2) is 24.5 Å². The molecule has 1 aromatic heterocycles. The van der Waals surface area contributed by atoms with Crippen LogP contribution in [0.15, 0.2) is 65.9 Å². The van der Waals surface area contributed by atoms with Gasteiger partial charge in [-0.1, -0.05) is 42.5 Å². The Bertz CT molecular complexity index is 891. The summed E-state index contributed by atoms with van der Waals surface area (Å²) in [5.41, 5.74) is 4.89. The number of rotatable bonds is 5. The summed E-state index contributed by atoms with van der Waals surface area (Å²) in [7, 11) is 1.04. The van der Waals surface area contributed by atoms with E-state index >= 15 is 0 Å². The van der Waals surface area contributed by atoms with Gasteiger partial charge in [-0.25, -0.2) is 4.99 Å². The molecule has 1 heterocycles. The smallest absolute Gasteiger partial charge is 0.541 e. The minimum atomic E-state index is -0.876. The van der Waals surface area contributed by atoms with Crippen molar-refractivity contribution >= 4 is 20.4 Å². The van der Waals surface area contributed by atoms with Crippen LogP contribution in [-0.2, 0) is 7.05 Å². The molecule has 0 amide bonds. The highest BCUT2D eigenvalue weighted by molar-refractivity contribution is 6.49. The minimum Gasteiger partial charge on any atom is -0.541 e. The van der Waals surface area contributed by atoms with Crippen molar-refractivity contribution in [1.82, 2.24) is 9.78 Å². The van der Waals surface area contributed by atoms with Crippen molar-refractivity contribution < 1.29 is 5.85 Å². The molecule has 0 aliphatic heterocycles. The summed E-state index contributed by atoms with van der Waals surface area (Å²) >= 11 is 0. The van der Waals surface area contributed by atoms with Crippen LogP contribution in [0.4, 0.5) is 5.69 Å². The lowest BCUT2D eigenvalue weighted by atomic mass is 10.1. The Morgan fingerprint density at radius 1 is 1.08 bits per heavy atom. The fourth-order valence-electron chi connectivity index (χ4n) is 2.62. The zero-order valence-electron chi connectivity index (χ0n) is 16.0. The monoisotopic (exact) mass is 349 g/mol. The zero-order valence-corrected chi connectivity index (χ0v) is 16.0. The predicted molar refractivity (Wildman–Crippen MR) is 105 cm³/mol. The Labute approximate surface area is 152 Å². The Morgan fingerprint density at radius 2 is 1.84 bits per heavy atom. The zero-order chi connectivity index (χ0) is 17.8. The van der Waals surface area contributed by atoms with Crippen LogP contribution < -0.4 is 4.43 Å². The standard InChI is InChI=1S/C20H22N3OSi/c1-15-9-8-12-18(20(15)24-25(3)4)22-19(16-10-6-5-7-11-16)17-13-21-23(2)14-17/h5-14H,1-4H3/p+1.